The molecule has 98 valence electrons. The molecule has 0 unspecified atom stereocenters. The normalized spacial score (nSPS) is 15.0. The van der Waals surface area contributed by atoms with Crippen LogP contribution in [0.3, 0.4) is 0 Å². The third-order valence-electron chi connectivity index (χ3n) is 2.71. The molecule has 0 atom stereocenters. The van der Waals surface area contributed by atoms with Crippen LogP contribution in [0, 0.1) is 11.7 Å². The summed E-state index contributed by atoms with van der Waals surface area (Å²) in [6.45, 7) is 2.44. The Morgan fingerprint density at radius 2 is 2.33 bits per heavy atom. The lowest BCUT2D eigenvalue weighted by Gasteiger charge is -2.27. The molecule has 1 aliphatic heterocycles. The van der Waals surface area contributed by atoms with Crippen LogP contribution >= 0.6 is 11.6 Å². The molecule has 1 aliphatic rings. The van der Waals surface area contributed by atoms with Crippen molar-refractivity contribution >= 4 is 17.5 Å². The first-order valence-electron chi connectivity index (χ1n) is 5.70. The monoisotopic (exact) mass is 272 g/mol. The summed E-state index contributed by atoms with van der Waals surface area (Å²) in [5.74, 6) is 0.185. The molecule has 0 aromatic heterocycles. The van der Waals surface area contributed by atoms with Gasteiger partial charge in [0, 0.05) is 31.6 Å². The lowest BCUT2D eigenvalue weighted by atomic mass is 10.0. The fourth-order valence-corrected chi connectivity index (χ4v) is 1.69. The number of benzene rings is 1. The maximum atomic E-state index is 12.9. The number of rotatable bonds is 5. The van der Waals surface area contributed by atoms with Gasteiger partial charge >= 0.3 is 0 Å². The van der Waals surface area contributed by atoms with Crippen LogP contribution in [0.25, 0.3) is 0 Å². The summed E-state index contributed by atoms with van der Waals surface area (Å²) >= 11 is 5.60. The number of hydrogen-bond acceptors (Lipinski definition) is 3. The number of carbonyl (C=O) groups is 1. The van der Waals surface area contributed by atoms with Crippen molar-refractivity contribution in [2.75, 3.05) is 26.2 Å². The Kier molecular flexibility index (Phi) is 4.38. The Hall–Kier alpha value is -1.33. The molecular weight excluding hydrogens is 259 g/mol. The van der Waals surface area contributed by atoms with E-state index >= 15 is 0 Å². The second-order valence-corrected chi connectivity index (χ2v) is 4.60. The van der Waals surface area contributed by atoms with Crippen LogP contribution in [0.1, 0.15) is 0 Å². The first-order valence-corrected chi connectivity index (χ1v) is 6.08. The van der Waals surface area contributed by atoms with Crippen molar-refractivity contribution in [1.29, 1.82) is 0 Å². The van der Waals surface area contributed by atoms with E-state index in [0.717, 1.165) is 13.1 Å². The van der Waals surface area contributed by atoms with Gasteiger partial charge in [-0.1, -0.05) is 11.6 Å². The first-order chi connectivity index (χ1) is 8.65. The molecule has 1 aromatic rings. The third kappa shape index (κ3) is 3.58. The van der Waals surface area contributed by atoms with Gasteiger partial charge in [0.1, 0.15) is 11.6 Å². The highest BCUT2D eigenvalue weighted by molar-refractivity contribution is 6.30. The Morgan fingerprint density at radius 3 is 2.94 bits per heavy atom. The number of carbonyl (C=O) groups excluding carboxylic acids is 1. The molecule has 2 rings (SSSR count). The first kappa shape index (κ1) is 13.1. The van der Waals surface area contributed by atoms with E-state index in [4.69, 9.17) is 16.3 Å². The van der Waals surface area contributed by atoms with E-state index in [2.05, 4.69) is 10.6 Å². The van der Waals surface area contributed by atoms with Gasteiger partial charge in [-0.25, -0.2) is 4.39 Å². The van der Waals surface area contributed by atoms with Crippen molar-refractivity contribution in [3.05, 3.63) is 29.0 Å². The van der Waals surface area contributed by atoms with Crippen LogP contribution < -0.4 is 15.4 Å². The summed E-state index contributed by atoms with van der Waals surface area (Å²) in [6.07, 6.45) is 0. The molecule has 18 heavy (non-hydrogen) atoms. The molecule has 0 aliphatic carbocycles. The standard InChI is InChI=1S/C12H14ClFN2O2/c13-10-3-9(1-2-11(10)14)18-7-12(17)16-6-8-4-15-5-8/h1-3,8,15H,4-7H2,(H,16,17). The molecular formula is C12H14ClFN2O2. The summed E-state index contributed by atoms with van der Waals surface area (Å²) < 4.78 is 18.1. The van der Waals surface area contributed by atoms with Gasteiger partial charge in [-0.2, -0.15) is 0 Å². The number of ether oxygens (including phenoxy) is 1. The number of amides is 1. The molecule has 0 bridgehead atoms. The van der Waals surface area contributed by atoms with Crippen LogP contribution in [-0.2, 0) is 4.79 Å². The van der Waals surface area contributed by atoms with Crippen LogP contribution in [0.4, 0.5) is 4.39 Å². The van der Waals surface area contributed by atoms with Gasteiger partial charge in [0.25, 0.3) is 5.91 Å². The predicted octanol–water partition coefficient (Wildman–Crippen LogP) is 1.19. The highest BCUT2D eigenvalue weighted by Crippen LogP contribution is 2.20. The molecule has 4 nitrogen and oxygen atoms in total. The zero-order chi connectivity index (χ0) is 13.0. The number of nitrogens with one attached hydrogen (secondary N) is 2. The van der Waals surface area contributed by atoms with Crippen LogP contribution in [-0.4, -0.2) is 32.1 Å². The maximum absolute atomic E-state index is 12.9. The van der Waals surface area contributed by atoms with Gasteiger partial charge in [0.15, 0.2) is 6.61 Å². The molecule has 0 spiro atoms. The van der Waals surface area contributed by atoms with Crippen molar-refractivity contribution in [2.24, 2.45) is 5.92 Å². The van der Waals surface area contributed by atoms with E-state index in [1.165, 1.54) is 18.2 Å². The number of hydrogen-bond donors (Lipinski definition) is 2. The molecule has 1 amide bonds. The van der Waals surface area contributed by atoms with E-state index in [0.29, 0.717) is 18.2 Å². The average Bonchev–Trinajstić information content (AvgIpc) is 2.29. The second kappa shape index (κ2) is 6.02. The highest BCUT2D eigenvalue weighted by atomic mass is 35.5. The van der Waals surface area contributed by atoms with Crippen LogP contribution in [0.5, 0.6) is 5.75 Å². The molecule has 1 heterocycles. The van der Waals surface area contributed by atoms with Crippen molar-refractivity contribution in [3.63, 3.8) is 0 Å². The SMILES string of the molecule is O=C(COc1ccc(F)c(Cl)c1)NCC1CNC1. The van der Waals surface area contributed by atoms with Crippen molar-refractivity contribution in [2.45, 2.75) is 0 Å². The third-order valence-corrected chi connectivity index (χ3v) is 3.00. The van der Waals surface area contributed by atoms with Crippen molar-refractivity contribution in [1.82, 2.24) is 10.6 Å². The Labute approximate surface area is 109 Å². The molecule has 1 aromatic carbocycles. The fourth-order valence-electron chi connectivity index (χ4n) is 1.52. The van der Waals surface area contributed by atoms with Crippen molar-refractivity contribution < 1.29 is 13.9 Å². The smallest absolute Gasteiger partial charge is 0.257 e. The summed E-state index contributed by atoms with van der Waals surface area (Å²) in [6, 6.07) is 3.99. The Morgan fingerprint density at radius 1 is 1.56 bits per heavy atom. The van der Waals surface area contributed by atoms with Gasteiger partial charge in [0.05, 0.1) is 5.02 Å². The molecule has 0 saturated carbocycles. The summed E-state index contributed by atoms with van der Waals surface area (Å²) in [4.78, 5) is 11.4. The predicted molar refractivity (Wildman–Crippen MR) is 66.3 cm³/mol. The van der Waals surface area contributed by atoms with E-state index in [1.807, 2.05) is 0 Å². The molecule has 1 fully saturated rings. The fraction of sp³-hybridized carbons (Fsp3) is 0.417. The van der Waals surface area contributed by atoms with Crippen LogP contribution in [0.2, 0.25) is 5.02 Å². The van der Waals surface area contributed by atoms with E-state index in [9.17, 15) is 9.18 Å². The lowest BCUT2D eigenvalue weighted by molar-refractivity contribution is -0.123. The van der Waals surface area contributed by atoms with Crippen LogP contribution in [0.15, 0.2) is 18.2 Å². The lowest BCUT2D eigenvalue weighted by Crippen LogP contribution is -2.48. The quantitative estimate of drug-likeness (QED) is 0.847. The average molecular weight is 273 g/mol. The zero-order valence-corrected chi connectivity index (χ0v) is 10.5. The topological polar surface area (TPSA) is 50.4 Å². The maximum Gasteiger partial charge on any atom is 0.257 e. The molecule has 0 radical (unpaired) electrons. The van der Waals surface area contributed by atoms with Gasteiger partial charge in [-0.15, -0.1) is 0 Å². The summed E-state index contributed by atoms with van der Waals surface area (Å²) in [7, 11) is 0. The Bertz CT molecular complexity index is 438. The Balaban J connectivity index is 1.72. The van der Waals surface area contributed by atoms with E-state index < -0.39 is 5.82 Å². The summed E-state index contributed by atoms with van der Waals surface area (Å²) in [5, 5.41) is 5.87. The van der Waals surface area contributed by atoms with Gasteiger partial charge < -0.3 is 15.4 Å². The minimum Gasteiger partial charge on any atom is -0.484 e. The van der Waals surface area contributed by atoms with Gasteiger partial charge in [-0.3, -0.25) is 4.79 Å². The highest BCUT2D eigenvalue weighted by Gasteiger charge is 2.17. The van der Waals surface area contributed by atoms with E-state index in [1.54, 1.807) is 0 Å². The van der Waals surface area contributed by atoms with Crippen molar-refractivity contribution in [3.8, 4) is 5.75 Å². The van der Waals surface area contributed by atoms with E-state index in [-0.39, 0.29) is 17.5 Å². The minimum atomic E-state index is -0.508. The minimum absolute atomic E-state index is 0.0200. The largest absolute Gasteiger partial charge is 0.484 e. The van der Waals surface area contributed by atoms with Gasteiger partial charge in [-0.05, 0) is 12.1 Å². The second-order valence-electron chi connectivity index (χ2n) is 4.19. The molecule has 2 N–H and O–H groups in total. The molecule has 1 saturated heterocycles. The number of halogens is 2. The molecule has 6 heteroatoms. The van der Waals surface area contributed by atoms with Gasteiger partial charge in [0.2, 0.25) is 0 Å². The zero-order valence-electron chi connectivity index (χ0n) is 9.71. The summed E-state index contributed by atoms with van der Waals surface area (Å²) in [5.41, 5.74) is 0.